The Bertz CT molecular complexity index is 601. The van der Waals surface area contributed by atoms with Crippen molar-refractivity contribution in [2.24, 2.45) is 5.84 Å². The molecule has 0 bridgehead atoms. The first kappa shape index (κ1) is 13.3. The Balaban J connectivity index is 2.57. The Labute approximate surface area is 119 Å². The van der Waals surface area contributed by atoms with Crippen molar-refractivity contribution in [2.75, 3.05) is 5.43 Å². The molecule has 0 saturated heterocycles. The number of nitrogens with one attached hydrogen (secondary N) is 1. The maximum atomic E-state index is 5.96. The van der Waals surface area contributed by atoms with Crippen LogP contribution in [0.1, 0.15) is 11.3 Å². The summed E-state index contributed by atoms with van der Waals surface area (Å²) in [5, 5.41) is 0.653. The molecule has 0 atom stereocenters. The molecule has 0 unspecified atom stereocenters. The molecule has 1 aromatic carbocycles. The zero-order valence-corrected chi connectivity index (χ0v) is 12.3. The molecule has 18 heavy (non-hydrogen) atoms. The van der Waals surface area contributed by atoms with Crippen molar-refractivity contribution in [1.29, 1.82) is 0 Å². The molecule has 94 valence electrons. The predicted octanol–water partition coefficient (Wildman–Crippen LogP) is 3.46. The van der Waals surface area contributed by atoms with Crippen LogP contribution in [0.3, 0.4) is 0 Å². The zero-order chi connectivity index (χ0) is 13.3. The van der Waals surface area contributed by atoms with Gasteiger partial charge in [-0.25, -0.2) is 15.8 Å². The van der Waals surface area contributed by atoms with Crippen LogP contribution in [-0.2, 0) is 0 Å². The fraction of sp³-hybridized carbons (Fsp3) is 0.167. The molecule has 0 aliphatic rings. The summed E-state index contributed by atoms with van der Waals surface area (Å²) in [6.07, 6.45) is 0. The lowest BCUT2D eigenvalue weighted by Crippen LogP contribution is -2.12. The van der Waals surface area contributed by atoms with E-state index in [1.165, 1.54) is 0 Å². The molecule has 0 saturated carbocycles. The van der Waals surface area contributed by atoms with Gasteiger partial charge in [-0.2, -0.15) is 0 Å². The van der Waals surface area contributed by atoms with Gasteiger partial charge in [-0.1, -0.05) is 11.6 Å². The van der Waals surface area contributed by atoms with Crippen molar-refractivity contribution in [1.82, 2.24) is 9.97 Å². The molecule has 1 heterocycles. The molecule has 0 fully saturated rings. The number of nitrogens with zero attached hydrogens (tertiary/aromatic N) is 2. The maximum absolute atomic E-state index is 5.96. The SMILES string of the molecule is Cc1nc(-c2ccc(Cl)c(Br)c2)nc(NN)c1C. The van der Waals surface area contributed by atoms with Gasteiger partial charge >= 0.3 is 0 Å². The molecule has 3 N–H and O–H groups in total. The minimum Gasteiger partial charge on any atom is -0.308 e. The predicted molar refractivity (Wildman–Crippen MR) is 77.5 cm³/mol. The minimum absolute atomic E-state index is 0.614. The number of aromatic nitrogens is 2. The molecular formula is C12H12BrClN4. The van der Waals surface area contributed by atoms with Gasteiger partial charge in [0.05, 0.1) is 5.02 Å². The van der Waals surface area contributed by atoms with Crippen LogP contribution in [-0.4, -0.2) is 9.97 Å². The van der Waals surface area contributed by atoms with Crippen LogP contribution in [0.2, 0.25) is 5.02 Å². The Morgan fingerprint density at radius 1 is 1.28 bits per heavy atom. The number of benzene rings is 1. The topological polar surface area (TPSA) is 63.8 Å². The molecular weight excluding hydrogens is 316 g/mol. The summed E-state index contributed by atoms with van der Waals surface area (Å²) < 4.78 is 0.811. The van der Waals surface area contributed by atoms with Crippen molar-refractivity contribution >= 4 is 33.3 Å². The molecule has 1 aromatic heterocycles. The summed E-state index contributed by atoms with van der Waals surface area (Å²) in [6, 6.07) is 5.55. The zero-order valence-electron chi connectivity index (χ0n) is 9.96. The lowest BCUT2D eigenvalue weighted by molar-refractivity contribution is 1.06. The number of nitrogens with two attached hydrogens (primary N) is 1. The Kier molecular flexibility index (Phi) is 3.85. The van der Waals surface area contributed by atoms with Crippen molar-refractivity contribution in [3.63, 3.8) is 0 Å². The van der Waals surface area contributed by atoms with Crippen LogP contribution < -0.4 is 11.3 Å². The summed E-state index contributed by atoms with van der Waals surface area (Å²) in [6.45, 7) is 3.85. The van der Waals surface area contributed by atoms with Crippen molar-refractivity contribution < 1.29 is 0 Å². The van der Waals surface area contributed by atoms with Crippen molar-refractivity contribution in [3.8, 4) is 11.4 Å². The van der Waals surface area contributed by atoms with E-state index in [9.17, 15) is 0 Å². The summed E-state index contributed by atoms with van der Waals surface area (Å²) in [5.41, 5.74) is 5.29. The number of anilines is 1. The molecule has 0 radical (unpaired) electrons. The molecule has 0 aliphatic carbocycles. The highest BCUT2D eigenvalue weighted by atomic mass is 79.9. The van der Waals surface area contributed by atoms with E-state index >= 15 is 0 Å². The van der Waals surface area contributed by atoms with Crippen LogP contribution in [0.25, 0.3) is 11.4 Å². The Morgan fingerprint density at radius 2 is 2.00 bits per heavy atom. The van der Waals surface area contributed by atoms with Gasteiger partial charge < -0.3 is 5.43 Å². The third-order valence-corrected chi connectivity index (χ3v) is 3.92. The average molecular weight is 328 g/mol. The van der Waals surface area contributed by atoms with Crippen LogP contribution in [0.15, 0.2) is 22.7 Å². The number of hydrogen-bond donors (Lipinski definition) is 2. The number of nitrogen functional groups attached to an aromatic ring is 1. The second-order valence-corrected chi connectivity index (χ2v) is 5.14. The van der Waals surface area contributed by atoms with Crippen LogP contribution in [0, 0.1) is 13.8 Å². The molecule has 6 heteroatoms. The number of aryl methyl sites for hydroxylation is 1. The molecule has 0 spiro atoms. The summed E-state index contributed by atoms with van der Waals surface area (Å²) in [4.78, 5) is 8.83. The van der Waals surface area contributed by atoms with Gasteiger partial charge in [0.2, 0.25) is 0 Å². The fourth-order valence-corrected chi connectivity index (χ4v) is 2.03. The van der Waals surface area contributed by atoms with Crippen molar-refractivity contribution in [3.05, 3.63) is 39.0 Å². The third-order valence-electron chi connectivity index (χ3n) is 2.70. The molecule has 4 nitrogen and oxygen atoms in total. The van der Waals surface area contributed by atoms with E-state index in [1.54, 1.807) is 6.07 Å². The first-order chi connectivity index (χ1) is 8.52. The quantitative estimate of drug-likeness (QED) is 0.655. The molecule has 0 aliphatic heterocycles. The number of hydrogen-bond acceptors (Lipinski definition) is 4. The second-order valence-electron chi connectivity index (χ2n) is 3.88. The highest BCUT2D eigenvalue weighted by molar-refractivity contribution is 9.10. The van der Waals surface area contributed by atoms with Gasteiger partial charge in [-0.15, -0.1) is 0 Å². The van der Waals surface area contributed by atoms with E-state index in [2.05, 4.69) is 31.3 Å². The van der Waals surface area contributed by atoms with Crippen molar-refractivity contribution in [2.45, 2.75) is 13.8 Å². The van der Waals surface area contributed by atoms with E-state index < -0.39 is 0 Å². The lowest BCUT2D eigenvalue weighted by atomic mass is 10.2. The maximum Gasteiger partial charge on any atom is 0.161 e. The van der Waals surface area contributed by atoms with E-state index in [4.69, 9.17) is 17.4 Å². The molecule has 0 amide bonds. The van der Waals surface area contributed by atoms with E-state index in [1.807, 2.05) is 26.0 Å². The number of halogens is 2. The number of rotatable bonds is 2. The summed E-state index contributed by atoms with van der Waals surface area (Å²) in [7, 11) is 0. The van der Waals surface area contributed by atoms with Crippen LogP contribution >= 0.6 is 27.5 Å². The first-order valence-electron chi connectivity index (χ1n) is 5.30. The minimum atomic E-state index is 0.614. The van der Waals surface area contributed by atoms with E-state index in [-0.39, 0.29) is 0 Å². The van der Waals surface area contributed by atoms with Gasteiger partial charge in [-0.05, 0) is 48.0 Å². The Morgan fingerprint density at radius 3 is 2.61 bits per heavy atom. The van der Waals surface area contributed by atoms with Gasteiger partial charge in [0, 0.05) is 21.3 Å². The third kappa shape index (κ3) is 2.48. The monoisotopic (exact) mass is 326 g/mol. The van der Waals surface area contributed by atoms with Gasteiger partial charge in [-0.3, -0.25) is 0 Å². The van der Waals surface area contributed by atoms with Gasteiger partial charge in [0.15, 0.2) is 5.82 Å². The fourth-order valence-electron chi connectivity index (χ4n) is 1.53. The number of hydrazine groups is 1. The van der Waals surface area contributed by atoms with Crippen LogP contribution in [0.4, 0.5) is 5.82 Å². The molecule has 2 rings (SSSR count). The van der Waals surface area contributed by atoms with E-state index in [0.717, 1.165) is 21.3 Å². The smallest absolute Gasteiger partial charge is 0.161 e. The summed E-state index contributed by atoms with van der Waals surface area (Å²) >= 11 is 9.35. The highest BCUT2D eigenvalue weighted by Gasteiger charge is 2.10. The lowest BCUT2D eigenvalue weighted by Gasteiger charge is -2.10. The van der Waals surface area contributed by atoms with Gasteiger partial charge in [0.25, 0.3) is 0 Å². The van der Waals surface area contributed by atoms with E-state index in [0.29, 0.717) is 16.7 Å². The Hall–Kier alpha value is -1.17. The first-order valence-corrected chi connectivity index (χ1v) is 6.47. The summed E-state index contributed by atoms with van der Waals surface area (Å²) in [5.74, 6) is 6.69. The standard InChI is InChI=1S/C12H12BrClN4/c1-6-7(2)16-12(17-11(6)18-15)8-3-4-10(14)9(13)5-8/h3-5H,15H2,1-2H3,(H,16,17,18). The molecule has 2 aromatic rings. The average Bonchev–Trinajstić information content (AvgIpc) is 2.36. The van der Waals surface area contributed by atoms with Crippen LogP contribution in [0.5, 0.6) is 0 Å². The highest BCUT2D eigenvalue weighted by Crippen LogP contribution is 2.28. The normalized spacial score (nSPS) is 10.5. The second kappa shape index (κ2) is 5.22. The largest absolute Gasteiger partial charge is 0.308 e. The van der Waals surface area contributed by atoms with Gasteiger partial charge in [0.1, 0.15) is 5.82 Å².